The standard InChI is InChI=1S/C19H41NO4.C12H24O2/c1-2-3-4-5-6-7-8-9-10-11-12-13-14-15-20(23-18-16-21)24-19-17-22;1-2-3-4-5-6-7-8-9-10-11-12(13)14/h21-22H,2-19H2,1H3;2-11H2,1H3,(H,13,14). The summed E-state index contributed by atoms with van der Waals surface area (Å²) in [6.07, 6.45) is 28.7. The van der Waals surface area contributed by atoms with Gasteiger partial charge in [-0.2, -0.15) is 0 Å². The monoisotopic (exact) mass is 547 g/mol. The Morgan fingerprint density at radius 3 is 1.16 bits per heavy atom. The summed E-state index contributed by atoms with van der Waals surface area (Å²) in [5, 5.41) is 27.3. The first-order valence-corrected chi connectivity index (χ1v) is 16.1. The third-order valence-corrected chi connectivity index (χ3v) is 6.59. The molecule has 0 aromatic rings. The highest BCUT2D eigenvalue weighted by atomic mass is 16.9. The second-order valence-corrected chi connectivity index (χ2v) is 10.4. The summed E-state index contributed by atoms with van der Waals surface area (Å²) in [5.74, 6) is -0.659. The molecule has 0 unspecified atom stereocenters. The number of rotatable bonds is 30. The molecule has 0 saturated heterocycles. The van der Waals surface area contributed by atoms with E-state index >= 15 is 0 Å². The first-order chi connectivity index (χ1) is 18.6. The molecule has 0 aliphatic heterocycles. The Morgan fingerprint density at radius 2 is 0.842 bits per heavy atom. The van der Waals surface area contributed by atoms with Crippen LogP contribution >= 0.6 is 0 Å². The lowest BCUT2D eigenvalue weighted by Gasteiger charge is -2.20. The van der Waals surface area contributed by atoms with Crippen molar-refractivity contribution >= 4 is 5.97 Å². The van der Waals surface area contributed by atoms with Gasteiger partial charge in [0.25, 0.3) is 0 Å². The van der Waals surface area contributed by atoms with Gasteiger partial charge in [0.15, 0.2) is 0 Å². The minimum Gasteiger partial charge on any atom is -0.481 e. The molecule has 0 aromatic heterocycles. The lowest BCUT2D eigenvalue weighted by Crippen LogP contribution is -2.28. The Balaban J connectivity index is 0. The molecule has 0 aliphatic carbocycles. The maximum absolute atomic E-state index is 10.2. The second-order valence-electron chi connectivity index (χ2n) is 10.4. The molecule has 7 heteroatoms. The number of aliphatic hydroxyl groups is 2. The minimum atomic E-state index is -0.659. The van der Waals surface area contributed by atoms with Crippen LogP contribution in [0.4, 0.5) is 0 Å². The van der Waals surface area contributed by atoms with E-state index in [0.717, 1.165) is 19.3 Å². The average molecular weight is 548 g/mol. The SMILES string of the molecule is CCCCCCCCCCCC(=O)O.CCCCCCCCCCCCCCCN(OCCO)OCCO. The van der Waals surface area contributed by atoms with Crippen molar-refractivity contribution in [3.63, 3.8) is 0 Å². The van der Waals surface area contributed by atoms with Gasteiger partial charge in [-0.25, -0.2) is 0 Å². The van der Waals surface area contributed by atoms with Gasteiger partial charge in [0.05, 0.1) is 33.0 Å². The van der Waals surface area contributed by atoms with Crippen molar-refractivity contribution in [2.24, 2.45) is 0 Å². The van der Waals surface area contributed by atoms with E-state index in [-0.39, 0.29) is 26.4 Å². The normalized spacial score (nSPS) is 11.1. The summed E-state index contributed by atoms with van der Waals surface area (Å²) in [6.45, 7) is 5.56. The predicted octanol–water partition coefficient (Wildman–Crippen LogP) is 8.22. The van der Waals surface area contributed by atoms with Crippen LogP contribution < -0.4 is 0 Å². The lowest BCUT2D eigenvalue weighted by molar-refractivity contribution is -0.371. The van der Waals surface area contributed by atoms with E-state index in [9.17, 15) is 4.79 Å². The summed E-state index contributed by atoms with van der Waals surface area (Å²) in [4.78, 5) is 20.7. The number of hydrogen-bond acceptors (Lipinski definition) is 6. The third-order valence-electron chi connectivity index (χ3n) is 6.59. The van der Waals surface area contributed by atoms with E-state index in [1.54, 1.807) is 0 Å². The summed E-state index contributed by atoms with van der Waals surface area (Å²) in [5.41, 5.74) is 0. The van der Waals surface area contributed by atoms with Crippen molar-refractivity contribution in [3.05, 3.63) is 0 Å². The molecule has 0 heterocycles. The van der Waals surface area contributed by atoms with Crippen LogP contribution in [0.5, 0.6) is 0 Å². The molecule has 0 amide bonds. The fourth-order valence-corrected chi connectivity index (χ4v) is 4.30. The molecule has 230 valence electrons. The van der Waals surface area contributed by atoms with Crippen LogP contribution in [0, 0.1) is 0 Å². The molecular weight excluding hydrogens is 482 g/mol. The van der Waals surface area contributed by atoms with E-state index in [2.05, 4.69) is 13.8 Å². The fourth-order valence-electron chi connectivity index (χ4n) is 4.30. The molecule has 0 rings (SSSR count). The zero-order chi connectivity index (χ0) is 28.4. The number of carbonyl (C=O) groups is 1. The Bertz CT molecular complexity index is 431. The largest absolute Gasteiger partial charge is 0.481 e. The number of unbranched alkanes of at least 4 members (excludes halogenated alkanes) is 20. The molecule has 7 nitrogen and oxygen atoms in total. The van der Waals surface area contributed by atoms with E-state index in [1.807, 2.05) is 0 Å². The summed E-state index contributed by atoms with van der Waals surface area (Å²) >= 11 is 0. The van der Waals surface area contributed by atoms with Gasteiger partial charge in [-0.05, 0) is 12.8 Å². The fraction of sp³-hybridized carbons (Fsp3) is 0.968. The first-order valence-electron chi connectivity index (χ1n) is 16.1. The van der Waals surface area contributed by atoms with Crippen molar-refractivity contribution in [3.8, 4) is 0 Å². The van der Waals surface area contributed by atoms with Gasteiger partial charge >= 0.3 is 5.97 Å². The quantitative estimate of drug-likeness (QED) is 0.0615. The Morgan fingerprint density at radius 1 is 0.526 bits per heavy atom. The van der Waals surface area contributed by atoms with Crippen LogP contribution in [0.3, 0.4) is 0 Å². The number of carboxylic acid groups (broad SMARTS) is 1. The number of carboxylic acids is 1. The molecule has 0 aliphatic rings. The van der Waals surface area contributed by atoms with Gasteiger partial charge in [-0.1, -0.05) is 147 Å². The molecule has 0 radical (unpaired) electrons. The maximum atomic E-state index is 10.2. The average Bonchev–Trinajstić information content (AvgIpc) is 2.91. The molecule has 38 heavy (non-hydrogen) atoms. The minimum absolute atomic E-state index is 0.0302. The van der Waals surface area contributed by atoms with Crippen LogP contribution in [0.1, 0.15) is 162 Å². The molecule has 0 saturated carbocycles. The maximum Gasteiger partial charge on any atom is 0.303 e. The van der Waals surface area contributed by atoms with Gasteiger partial charge in [0.1, 0.15) is 0 Å². The van der Waals surface area contributed by atoms with Crippen molar-refractivity contribution in [2.45, 2.75) is 162 Å². The molecule has 0 atom stereocenters. The molecule has 0 aromatic carbocycles. The van der Waals surface area contributed by atoms with Crippen LogP contribution in [-0.4, -0.2) is 59.5 Å². The van der Waals surface area contributed by atoms with E-state index in [4.69, 9.17) is 25.0 Å². The highest BCUT2D eigenvalue weighted by Crippen LogP contribution is 2.13. The summed E-state index contributed by atoms with van der Waals surface area (Å²) in [6, 6.07) is 0. The Labute approximate surface area is 235 Å². The van der Waals surface area contributed by atoms with Gasteiger partial charge < -0.3 is 15.3 Å². The van der Waals surface area contributed by atoms with E-state index in [1.165, 1.54) is 127 Å². The lowest BCUT2D eigenvalue weighted by atomic mass is 10.0. The number of hydroxylamine groups is 2. The highest BCUT2D eigenvalue weighted by molar-refractivity contribution is 5.66. The van der Waals surface area contributed by atoms with E-state index < -0.39 is 5.97 Å². The third kappa shape index (κ3) is 37.4. The summed E-state index contributed by atoms with van der Waals surface area (Å²) in [7, 11) is 0. The van der Waals surface area contributed by atoms with Crippen molar-refractivity contribution in [1.82, 2.24) is 5.23 Å². The molecular formula is C31H65NO6. The zero-order valence-corrected chi connectivity index (χ0v) is 25.3. The van der Waals surface area contributed by atoms with Crippen LogP contribution in [-0.2, 0) is 14.5 Å². The van der Waals surface area contributed by atoms with Gasteiger partial charge in [0.2, 0.25) is 0 Å². The molecule has 3 N–H and O–H groups in total. The van der Waals surface area contributed by atoms with Crippen LogP contribution in [0.2, 0.25) is 0 Å². The number of hydrogen-bond donors (Lipinski definition) is 3. The molecule has 0 fully saturated rings. The highest BCUT2D eigenvalue weighted by Gasteiger charge is 2.05. The van der Waals surface area contributed by atoms with Crippen molar-refractivity contribution < 1.29 is 29.8 Å². The van der Waals surface area contributed by atoms with E-state index in [0.29, 0.717) is 13.0 Å². The summed E-state index contributed by atoms with van der Waals surface area (Å²) < 4.78 is 0. The van der Waals surface area contributed by atoms with Crippen LogP contribution in [0.25, 0.3) is 0 Å². The van der Waals surface area contributed by atoms with Gasteiger partial charge in [0, 0.05) is 6.42 Å². The Kier molecular flexibility index (Phi) is 37.6. The zero-order valence-electron chi connectivity index (χ0n) is 25.3. The van der Waals surface area contributed by atoms with Crippen LogP contribution in [0.15, 0.2) is 0 Å². The molecule has 0 bridgehead atoms. The molecule has 0 spiro atoms. The van der Waals surface area contributed by atoms with Crippen molar-refractivity contribution in [1.29, 1.82) is 0 Å². The Hall–Kier alpha value is -0.730. The van der Waals surface area contributed by atoms with Gasteiger partial charge in [-0.15, -0.1) is 0 Å². The number of aliphatic carboxylic acids is 1. The first kappa shape index (κ1) is 39.4. The smallest absolute Gasteiger partial charge is 0.303 e. The number of nitrogens with zero attached hydrogens (tertiary/aromatic N) is 1. The van der Waals surface area contributed by atoms with Crippen molar-refractivity contribution in [2.75, 3.05) is 33.0 Å². The second kappa shape index (κ2) is 36.3. The number of aliphatic hydroxyl groups excluding tert-OH is 2. The topological polar surface area (TPSA) is 99.5 Å². The van der Waals surface area contributed by atoms with Gasteiger partial charge in [-0.3, -0.25) is 14.5 Å². The predicted molar refractivity (Wildman–Crippen MR) is 158 cm³/mol.